The van der Waals surface area contributed by atoms with Gasteiger partial charge < -0.3 is 13.9 Å². The minimum atomic E-state index is -0.640. The average molecular weight is 472 g/mol. The summed E-state index contributed by atoms with van der Waals surface area (Å²) in [5.74, 6) is -0.245. The van der Waals surface area contributed by atoms with Crippen molar-refractivity contribution >= 4 is 63.5 Å². The standard InChI is InChI=1S/C22H14ClNO5S2/c1-27-18-10-13(7-8-16(18)29-21(26)17-6-3-9-28-17)11-19-20(25)24(22(30)31-19)15-5-2-4-14(23)12-15/h2-12H,1H3/b19-11+. The van der Waals surface area contributed by atoms with Crippen molar-refractivity contribution in [3.63, 3.8) is 0 Å². The number of ether oxygens (including phenoxy) is 2. The summed E-state index contributed by atoms with van der Waals surface area (Å²) in [6.45, 7) is 0. The van der Waals surface area contributed by atoms with Crippen LogP contribution in [0.15, 0.2) is 70.2 Å². The van der Waals surface area contributed by atoms with E-state index in [0.717, 1.165) is 0 Å². The van der Waals surface area contributed by atoms with Gasteiger partial charge in [-0.15, -0.1) is 0 Å². The third-order valence-electron chi connectivity index (χ3n) is 4.27. The van der Waals surface area contributed by atoms with Crippen molar-refractivity contribution in [1.29, 1.82) is 0 Å². The van der Waals surface area contributed by atoms with Crippen molar-refractivity contribution in [3.8, 4) is 11.5 Å². The zero-order valence-electron chi connectivity index (χ0n) is 16.0. The zero-order valence-corrected chi connectivity index (χ0v) is 18.4. The molecule has 0 atom stereocenters. The fraction of sp³-hybridized carbons (Fsp3) is 0.0455. The number of anilines is 1. The predicted molar refractivity (Wildman–Crippen MR) is 124 cm³/mol. The van der Waals surface area contributed by atoms with Gasteiger partial charge in [0.15, 0.2) is 15.8 Å². The lowest BCUT2D eigenvalue weighted by Gasteiger charge is -2.14. The molecule has 0 radical (unpaired) electrons. The number of furan rings is 1. The number of carbonyl (C=O) groups is 2. The molecular weight excluding hydrogens is 458 g/mol. The van der Waals surface area contributed by atoms with Gasteiger partial charge in [0.1, 0.15) is 0 Å². The summed E-state index contributed by atoms with van der Waals surface area (Å²) >= 11 is 12.6. The van der Waals surface area contributed by atoms with Gasteiger partial charge in [0.2, 0.25) is 5.76 Å². The topological polar surface area (TPSA) is 69.0 Å². The van der Waals surface area contributed by atoms with Crippen LogP contribution < -0.4 is 14.4 Å². The average Bonchev–Trinajstić information content (AvgIpc) is 3.38. The summed E-state index contributed by atoms with van der Waals surface area (Å²) in [6.07, 6.45) is 3.08. The molecule has 0 saturated carbocycles. The molecule has 1 amide bonds. The van der Waals surface area contributed by atoms with Crippen molar-refractivity contribution in [2.75, 3.05) is 12.0 Å². The van der Waals surface area contributed by atoms with E-state index in [9.17, 15) is 9.59 Å². The number of halogens is 1. The number of thioether (sulfide) groups is 1. The first-order valence-electron chi connectivity index (χ1n) is 8.93. The fourth-order valence-corrected chi connectivity index (χ4v) is 4.34. The number of benzene rings is 2. The van der Waals surface area contributed by atoms with Gasteiger partial charge in [-0.2, -0.15) is 0 Å². The lowest BCUT2D eigenvalue weighted by Crippen LogP contribution is -2.27. The van der Waals surface area contributed by atoms with Crippen molar-refractivity contribution in [2.45, 2.75) is 0 Å². The maximum atomic E-state index is 12.9. The van der Waals surface area contributed by atoms with Crippen LogP contribution in [0.5, 0.6) is 11.5 Å². The molecule has 6 nitrogen and oxygen atoms in total. The van der Waals surface area contributed by atoms with Gasteiger partial charge >= 0.3 is 5.97 Å². The van der Waals surface area contributed by atoms with E-state index < -0.39 is 5.97 Å². The Morgan fingerprint density at radius 2 is 2.00 bits per heavy atom. The second-order valence-electron chi connectivity index (χ2n) is 6.27. The number of esters is 1. The Hall–Kier alpha value is -3.07. The zero-order chi connectivity index (χ0) is 22.0. The molecule has 3 aromatic rings. The number of hydrogen-bond acceptors (Lipinski definition) is 7. The van der Waals surface area contributed by atoms with E-state index in [1.54, 1.807) is 54.6 Å². The number of thiocarbonyl (C=S) groups is 1. The number of carbonyl (C=O) groups excluding carboxylic acids is 2. The lowest BCUT2D eigenvalue weighted by atomic mass is 10.1. The minimum Gasteiger partial charge on any atom is -0.493 e. The highest BCUT2D eigenvalue weighted by Gasteiger charge is 2.33. The predicted octanol–water partition coefficient (Wildman–Crippen LogP) is 5.57. The monoisotopic (exact) mass is 471 g/mol. The van der Waals surface area contributed by atoms with Gasteiger partial charge in [-0.3, -0.25) is 9.69 Å². The molecule has 0 spiro atoms. The molecule has 0 unspecified atom stereocenters. The highest BCUT2D eigenvalue weighted by Crippen LogP contribution is 2.37. The highest BCUT2D eigenvalue weighted by molar-refractivity contribution is 8.27. The molecule has 1 fully saturated rings. The molecule has 156 valence electrons. The normalized spacial score (nSPS) is 14.9. The minimum absolute atomic E-state index is 0.0795. The van der Waals surface area contributed by atoms with Gasteiger partial charge in [-0.1, -0.05) is 47.7 Å². The number of methoxy groups -OCH3 is 1. The molecule has 2 aromatic carbocycles. The summed E-state index contributed by atoms with van der Waals surface area (Å²) in [5, 5.41) is 0.514. The van der Waals surface area contributed by atoms with Crippen LogP contribution in [0.3, 0.4) is 0 Å². The Balaban J connectivity index is 1.58. The van der Waals surface area contributed by atoms with Crippen LogP contribution in [0.1, 0.15) is 16.1 Å². The molecule has 4 rings (SSSR count). The third kappa shape index (κ3) is 4.51. The number of amides is 1. The van der Waals surface area contributed by atoms with E-state index in [1.807, 2.05) is 0 Å². The van der Waals surface area contributed by atoms with Crippen molar-refractivity contribution in [3.05, 3.63) is 82.1 Å². The van der Waals surface area contributed by atoms with Crippen LogP contribution in [0.25, 0.3) is 6.08 Å². The SMILES string of the molecule is COc1cc(/C=C2/SC(=S)N(c3cccc(Cl)c3)C2=O)ccc1OC(=O)c1ccco1. The van der Waals surface area contributed by atoms with Crippen LogP contribution in [-0.2, 0) is 4.79 Å². The highest BCUT2D eigenvalue weighted by atomic mass is 35.5. The summed E-state index contributed by atoms with van der Waals surface area (Å²) in [4.78, 5) is 26.9. The molecule has 0 bridgehead atoms. The summed E-state index contributed by atoms with van der Waals surface area (Å²) < 4.78 is 16.1. The first-order valence-corrected chi connectivity index (χ1v) is 10.5. The molecule has 1 aliphatic heterocycles. The van der Waals surface area contributed by atoms with Crippen LogP contribution in [0.4, 0.5) is 5.69 Å². The molecule has 31 heavy (non-hydrogen) atoms. The molecule has 0 aliphatic carbocycles. The van der Waals surface area contributed by atoms with E-state index >= 15 is 0 Å². The summed E-state index contributed by atoms with van der Waals surface area (Å²) in [5.41, 5.74) is 1.29. The molecule has 9 heteroatoms. The van der Waals surface area contributed by atoms with Crippen LogP contribution >= 0.6 is 35.6 Å². The smallest absolute Gasteiger partial charge is 0.379 e. The second-order valence-corrected chi connectivity index (χ2v) is 8.39. The molecule has 1 aliphatic rings. The van der Waals surface area contributed by atoms with Crippen LogP contribution in [0, 0.1) is 0 Å². The third-order valence-corrected chi connectivity index (χ3v) is 5.81. The van der Waals surface area contributed by atoms with E-state index in [2.05, 4.69) is 0 Å². The van der Waals surface area contributed by atoms with Gasteiger partial charge in [-0.05, 0) is 54.1 Å². The quantitative estimate of drug-likeness (QED) is 0.208. The van der Waals surface area contributed by atoms with E-state index in [1.165, 1.54) is 36.1 Å². The Morgan fingerprint density at radius 3 is 2.71 bits per heavy atom. The van der Waals surface area contributed by atoms with Crippen molar-refractivity contribution in [1.82, 2.24) is 0 Å². The van der Waals surface area contributed by atoms with E-state index in [0.29, 0.717) is 31.2 Å². The maximum Gasteiger partial charge on any atom is 0.379 e. The van der Waals surface area contributed by atoms with Gasteiger partial charge in [0.05, 0.1) is 24.0 Å². The number of nitrogens with zero attached hydrogens (tertiary/aromatic N) is 1. The lowest BCUT2D eigenvalue weighted by molar-refractivity contribution is -0.113. The van der Waals surface area contributed by atoms with E-state index in [-0.39, 0.29) is 17.4 Å². The molecule has 1 saturated heterocycles. The largest absolute Gasteiger partial charge is 0.493 e. The Bertz CT molecular complexity index is 1210. The van der Waals surface area contributed by atoms with Gasteiger partial charge in [-0.25, -0.2) is 4.79 Å². The first kappa shape index (κ1) is 21.2. The Morgan fingerprint density at radius 1 is 1.16 bits per heavy atom. The Labute approximate surface area is 192 Å². The van der Waals surface area contributed by atoms with Gasteiger partial charge in [0.25, 0.3) is 5.91 Å². The van der Waals surface area contributed by atoms with Crippen LogP contribution in [0.2, 0.25) is 5.02 Å². The number of rotatable bonds is 5. The number of hydrogen-bond donors (Lipinski definition) is 0. The van der Waals surface area contributed by atoms with Gasteiger partial charge in [0, 0.05) is 5.02 Å². The maximum absolute atomic E-state index is 12.9. The van der Waals surface area contributed by atoms with E-state index in [4.69, 9.17) is 37.7 Å². The van der Waals surface area contributed by atoms with Crippen molar-refractivity contribution in [2.24, 2.45) is 0 Å². The van der Waals surface area contributed by atoms with Crippen molar-refractivity contribution < 1.29 is 23.5 Å². The molecule has 0 N–H and O–H groups in total. The first-order chi connectivity index (χ1) is 15.0. The van der Waals surface area contributed by atoms with Crippen LogP contribution in [-0.4, -0.2) is 23.3 Å². The Kier molecular flexibility index (Phi) is 6.13. The molecule has 1 aromatic heterocycles. The molecular formula is C22H14ClNO5S2. The summed E-state index contributed by atoms with van der Waals surface area (Å²) in [7, 11) is 1.46. The molecule has 2 heterocycles. The summed E-state index contributed by atoms with van der Waals surface area (Å²) in [6, 6.07) is 15.0. The second kappa shape index (κ2) is 8.97. The fourth-order valence-electron chi connectivity index (χ4n) is 2.86.